The average Bonchev–Trinajstić information content (AvgIpc) is 1.87. The van der Waals surface area contributed by atoms with Gasteiger partial charge in [0.05, 0.1) is 0 Å². The Morgan fingerprint density at radius 3 is 2.36 bits per heavy atom. The van der Waals surface area contributed by atoms with Gasteiger partial charge in [0, 0.05) is 23.0 Å². The van der Waals surface area contributed by atoms with E-state index in [-0.39, 0.29) is 6.04 Å². The van der Waals surface area contributed by atoms with Crippen LogP contribution in [0.25, 0.3) is 0 Å². The molecule has 0 aliphatic carbocycles. The highest BCUT2D eigenvalue weighted by Gasteiger charge is 2.07. The molecule has 0 aromatic rings. The van der Waals surface area contributed by atoms with Gasteiger partial charge in [-0.3, -0.25) is 0 Å². The van der Waals surface area contributed by atoms with E-state index in [4.69, 9.17) is 23.4 Å². The zero-order valence-electron chi connectivity index (χ0n) is 6.98. The van der Waals surface area contributed by atoms with Crippen LogP contribution in [0.4, 0.5) is 0 Å². The van der Waals surface area contributed by atoms with Gasteiger partial charge in [0.1, 0.15) is 0 Å². The van der Waals surface area contributed by atoms with Gasteiger partial charge in [-0.25, -0.2) is 0 Å². The third kappa shape index (κ3) is 4.01. The number of hydrogen-bond acceptors (Lipinski definition) is 3. The van der Waals surface area contributed by atoms with Crippen molar-refractivity contribution in [3.8, 4) is 0 Å². The maximum atomic E-state index is 7.40. The van der Waals surface area contributed by atoms with Crippen LogP contribution in [0.3, 0.4) is 0 Å². The highest BCUT2D eigenvalue weighted by atomic mass is 32.1. The zero-order valence-corrected chi connectivity index (χ0v) is 7.79. The lowest BCUT2D eigenvalue weighted by Crippen LogP contribution is -2.26. The normalized spacial score (nSPS) is 12.3. The fraction of sp³-hybridized carbons (Fsp3) is 0.500. The summed E-state index contributed by atoms with van der Waals surface area (Å²) in [6, 6.07) is -0.125. The van der Waals surface area contributed by atoms with Crippen LogP contribution >= 0.6 is 12.2 Å². The Hall–Kier alpha value is -0.540. The van der Waals surface area contributed by atoms with Crippen LogP contribution in [0.15, 0.2) is 12.2 Å². The van der Waals surface area contributed by atoms with Gasteiger partial charge in [-0.2, -0.15) is 0 Å². The lowest BCUT2D eigenvalue weighted by atomic mass is 10.0. The average molecular weight is 170 g/mol. The molecule has 0 saturated heterocycles. The van der Waals surface area contributed by atoms with Gasteiger partial charge < -0.3 is 11.1 Å². The fourth-order valence-corrected chi connectivity index (χ4v) is 0.621. The largest absolute Gasteiger partial charge is 0.324 e. The van der Waals surface area contributed by atoms with Crippen LogP contribution in [0.1, 0.15) is 20.3 Å². The molecule has 0 radical (unpaired) electrons. The van der Waals surface area contributed by atoms with E-state index in [2.05, 4.69) is 6.58 Å². The second-order valence-electron chi connectivity index (χ2n) is 2.69. The van der Waals surface area contributed by atoms with Gasteiger partial charge in [0.25, 0.3) is 0 Å². The molecule has 0 bridgehead atoms. The van der Waals surface area contributed by atoms with Crippen molar-refractivity contribution in [1.29, 1.82) is 5.41 Å². The van der Waals surface area contributed by atoms with Crippen LogP contribution in [-0.2, 0) is 0 Å². The molecule has 0 aliphatic rings. The summed E-state index contributed by atoms with van der Waals surface area (Å²) < 4.78 is 0. The van der Waals surface area contributed by atoms with Crippen molar-refractivity contribution >= 4 is 22.8 Å². The highest BCUT2D eigenvalue weighted by molar-refractivity contribution is 7.82. The monoisotopic (exact) mass is 170 g/mol. The molecule has 11 heavy (non-hydrogen) atoms. The number of rotatable bonds is 4. The van der Waals surface area contributed by atoms with E-state index in [1.807, 2.05) is 6.92 Å². The van der Waals surface area contributed by atoms with Crippen LogP contribution in [0, 0.1) is 5.41 Å². The summed E-state index contributed by atoms with van der Waals surface area (Å²) in [6.45, 7) is 7.30. The van der Waals surface area contributed by atoms with Crippen LogP contribution < -0.4 is 5.73 Å². The first-order chi connectivity index (χ1) is 4.95. The molecule has 0 spiro atoms. The summed E-state index contributed by atoms with van der Waals surface area (Å²) in [6.07, 6.45) is 0.505. The maximum absolute atomic E-state index is 7.40. The van der Waals surface area contributed by atoms with Crippen molar-refractivity contribution < 1.29 is 0 Å². The Bertz CT molecular complexity index is 196. The molecular formula is C8H14N2S. The molecular weight excluding hydrogens is 156 g/mol. The van der Waals surface area contributed by atoms with Crippen molar-refractivity contribution in [3.63, 3.8) is 0 Å². The molecule has 1 unspecified atom stereocenters. The quantitative estimate of drug-likeness (QED) is 0.383. The van der Waals surface area contributed by atoms with E-state index in [0.29, 0.717) is 17.0 Å². The van der Waals surface area contributed by atoms with Crippen molar-refractivity contribution in [1.82, 2.24) is 0 Å². The molecule has 0 amide bonds. The van der Waals surface area contributed by atoms with Gasteiger partial charge in [-0.1, -0.05) is 24.4 Å². The first kappa shape index (κ1) is 10.5. The third-order valence-electron chi connectivity index (χ3n) is 1.48. The first-order valence-electron chi connectivity index (χ1n) is 3.44. The SMILES string of the molecule is C=C(C)C(N)CC(=N)C(C)=S. The minimum Gasteiger partial charge on any atom is -0.324 e. The van der Waals surface area contributed by atoms with E-state index < -0.39 is 0 Å². The Morgan fingerprint density at radius 1 is 1.64 bits per heavy atom. The van der Waals surface area contributed by atoms with Gasteiger partial charge in [-0.05, 0) is 13.8 Å². The molecule has 0 heterocycles. The Kier molecular flexibility index (Phi) is 4.15. The summed E-state index contributed by atoms with van der Waals surface area (Å²) in [5.74, 6) is 0. The van der Waals surface area contributed by atoms with Crippen LogP contribution in [0.2, 0.25) is 0 Å². The Morgan fingerprint density at radius 2 is 2.09 bits per heavy atom. The first-order valence-corrected chi connectivity index (χ1v) is 3.85. The standard InChI is InChI=1S/C8H14N2S/c1-5(2)7(9)4-8(10)6(3)11/h7,10H,1,4,9H2,2-3H3. The van der Waals surface area contributed by atoms with Gasteiger partial charge in [0.15, 0.2) is 0 Å². The predicted molar refractivity (Wildman–Crippen MR) is 53.4 cm³/mol. The van der Waals surface area contributed by atoms with Gasteiger partial charge in [0.2, 0.25) is 0 Å². The molecule has 3 heteroatoms. The topological polar surface area (TPSA) is 49.9 Å². The van der Waals surface area contributed by atoms with E-state index >= 15 is 0 Å². The van der Waals surface area contributed by atoms with Crippen molar-refractivity contribution in [2.75, 3.05) is 0 Å². The second kappa shape index (κ2) is 4.36. The molecule has 1 atom stereocenters. The van der Waals surface area contributed by atoms with Crippen molar-refractivity contribution in [2.45, 2.75) is 26.3 Å². The Labute approximate surface area is 73.0 Å². The molecule has 0 saturated carbocycles. The summed E-state index contributed by atoms with van der Waals surface area (Å²) in [4.78, 5) is 0.613. The summed E-state index contributed by atoms with van der Waals surface area (Å²) in [5.41, 5.74) is 6.99. The molecule has 0 aromatic carbocycles. The fourth-order valence-electron chi connectivity index (χ4n) is 0.538. The number of nitrogens with one attached hydrogen (secondary N) is 1. The molecule has 0 aromatic heterocycles. The van der Waals surface area contributed by atoms with E-state index in [1.165, 1.54) is 0 Å². The summed E-state index contributed by atoms with van der Waals surface area (Å²) in [7, 11) is 0. The summed E-state index contributed by atoms with van der Waals surface area (Å²) in [5, 5.41) is 7.40. The second-order valence-corrected chi connectivity index (χ2v) is 3.30. The van der Waals surface area contributed by atoms with Crippen LogP contribution in [0.5, 0.6) is 0 Å². The third-order valence-corrected chi connectivity index (χ3v) is 1.73. The van der Waals surface area contributed by atoms with Gasteiger partial charge >= 0.3 is 0 Å². The molecule has 2 nitrogen and oxygen atoms in total. The van der Waals surface area contributed by atoms with Crippen molar-refractivity contribution in [3.05, 3.63) is 12.2 Å². The maximum Gasteiger partial charge on any atom is 0.0469 e. The lowest BCUT2D eigenvalue weighted by molar-refractivity contribution is 0.810. The van der Waals surface area contributed by atoms with Gasteiger partial charge in [-0.15, -0.1) is 0 Å². The van der Waals surface area contributed by atoms with Crippen molar-refractivity contribution in [2.24, 2.45) is 5.73 Å². The van der Waals surface area contributed by atoms with E-state index in [9.17, 15) is 0 Å². The minimum absolute atomic E-state index is 0.125. The molecule has 0 fully saturated rings. The molecule has 3 N–H and O–H groups in total. The number of nitrogens with two attached hydrogens (primary N) is 1. The Balaban J connectivity index is 3.95. The molecule has 0 rings (SSSR count). The van der Waals surface area contributed by atoms with Crippen LogP contribution in [-0.4, -0.2) is 16.6 Å². The minimum atomic E-state index is -0.125. The lowest BCUT2D eigenvalue weighted by Gasteiger charge is -2.10. The smallest absolute Gasteiger partial charge is 0.0469 e. The molecule has 62 valence electrons. The summed E-state index contributed by atoms with van der Waals surface area (Å²) >= 11 is 4.81. The molecule has 0 aliphatic heterocycles. The predicted octanol–water partition coefficient (Wildman–Crippen LogP) is 1.69. The highest BCUT2D eigenvalue weighted by Crippen LogP contribution is 2.01. The zero-order chi connectivity index (χ0) is 9.02. The number of hydrogen-bond donors (Lipinski definition) is 2. The number of thiocarbonyl (C=S) groups is 1. The van der Waals surface area contributed by atoms with E-state index in [1.54, 1.807) is 6.92 Å². The van der Waals surface area contributed by atoms with E-state index in [0.717, 1.165) is 5.57 Å².